The lowest BCUT2D eigenvalue weighted by atomic mass is 10.1. The molecule has 0 aliphatic carbocycles. The van der Waals surface area contributed by atoms with E-state index in [2.05, 4.69) is 10.3 Å². The number of hydrogen-bond donors (Lipinski definition) is 2. The lowest BCUT2D eigenvalue weighted by molar-refractivity contribution is -0.139. The van der Waals surface area contributed by atoms with Gasteiger partial charge >= 0.3 is 5.97 Å². The van der Waals surface area contributed by atoms with Crippen LogP contribution in [0.25, 0.3) is 5.65 Å². The second-order valence-corrected chi connectivity index (χ2v) is 4.62. The quantitative estimate of drug-likeness (QED) is 0.840. The topological polar surface area (TPSA) is 83.7 Å². The number of nitrogens with one attached hydrogen (secondary N) is 1. The number of carboxylic acid groups (broad SMARTS) is 1. The van der Waals surface area contributed by atoms with Crippen LogP contribution in [-0.4, -0.2) is 32.4 Å². The number of carbonyl (C=O) groups excluding carboxylic acids is 1. The number of rotatable bonds is 6. The minimum atomic E-state index is -1.00. The summed E-state index contributed by atoms with van der Waals surface area (Å²) < 4.78 is 1.72. The molecule has 2 N–H and O–H groups in total. The van der Waals surface area contributed by atoms with Gasteiger partial charge < -0.3 is 14.8 Å². The molecule has 6 heteroatoms. The van der Waals surface area contributed by atoms with Gasteiger partial charge in [-0.2, -0.15) is 0 Å². The predicted molar refractivity (Wildman–Crippen MR) is 73.6 cm³/mol. The van der Waals surface area contributed by atoms with E-state index in [1.807, 2.05) is 6.92 Å². The number of unbranched alkanes of at least 4 members (excludes halogenated alkanes) is 1. The summed E-state index contributed by atoms with van der Waals surface area (Å²) in [6.45, 7) is 1.98. The molecule has 0 aromatic carbocycles. The molecule has 2 heterocycles. The molecule has 106 valence electrons. The second-order valence-electron chi connectivity index (χ2n) is 4.62. The van der Waals surface area contributed by atoms with Crippen molar-refractivity contribution in [2.45, 2.75) is 32.2 Å². The Morgan fingerprint density at radius 3 is 2.95 bits per heavy atom. The summed E-state index contributed by atoms with van der Waals surface area (Å²) in [6.07, 6.45) is 7.09. The third-order valence-electron chi connectivity index (χ3n) is 3.10. The highest BCUT2D eigenvalue weighted by atomic mass is 16.4. The van der Waals surface area contributed by atoms with E-state index in [4.69, 9.17) is 5.11 Å². The molecule has 1 amide bonds. The lowest BCUT2D eigenvalue weighted by Crippen LogP contribution is -2.40. The van der Waals surface area contributed by atoms with Crippen molar-refractivity contribution >= 4 is 17.5 Å². The van der Waals surface area contributed by atoms with Gasteiger partial charge in [0.1, 0.15) is 11.7 Å². The van der Waals surface area contributed by atoms with Crippen molar-refractivity contribution in [1.82, 2.24) is 14.7 Å². The van der Waals surface area contributed by atoms with Crippen molar-refractivity contribution in [2.24, 2.45) is 0 Å². The monoisotopic (exact) mass is 275 g/mol. The summed E-state index contributed by atoms with van der Waals surface area (Å²) in [4.78, 5) is 27.3. The Morgan fingerprint density at radius 1 is 1.45 bits per heavy atom. The van der Waals surface area contributed by atoms with Gasteiger partial charge in [0.05, 0.1) is 5.56 Å². The van der Waals surface area contributed by atoms with Gasteiger partial charge in [-0.05, 0) is 18.6 Å². The number of aromatic nitrogens is 2. The van der Waals surface area contributed by atoms with Crippen molar-refractivity contribution < 1.29 is 14.7 Å². The molecule has 0 bridgehead atoms. The van der Waals surface area contributed by atoms with Crippen LogP contribution in [0.15, 0.2) is 30.7 Å². The van der Waals surface area contributed by atoms with Crippen molar-refractivity contribution in [3.8, 4) is 0 Å². The maximum Gasteiger partial charge on any atom is 0.326 e. The Morgan fingerprint density at radius 2 is 2.25 bits per heavy atom. The first-order valence-corrected chi connectivity index (χ1v) is 6.58. The standard InChI is InChI=1S/C14H17N3O3/c1-2-3-4-11(14(19)20)16-13(18)10-5-6-12-15-7-8-17(12)9-10/h5-9,11H,2-4H2,1H3,(H,16,18)(H,19,20). The SMILES string of the molecule is CCCCC(NC(=O)c1ccc2nccn2c1)C(=O)O. The molecule has 0 spiro atoms. The van der Waals surface area contributed by atoms with Crippen LogP contribution in [0, 0.1) is 0 Å². The van der Waals surface area contributed by atoms with Crippen LogP contribution in [0.3, 0.4) is 0 Å². The van der Waals surface area contributed by atoms with E-state index in [1.54, 1.807) is 35.1 Å². The maximum absolute atomic E-state index is 12.1. The third kappa shape index (κ3) is 3.14. The molecule has 0 aliphatic rings. The lowest BCUT2D eigenvalue weighted by Gasteiger charge is -2.14. The summed E-state index contributed by atoms with van der Waals surface area (Å²) in [5, 5.41) is 11.7. The van der Waals surface area contributed by atoms with Crippen LogP contribution >= 0.6 is 0 Å². The minimum absolute atomic E-state index is 0.385. The van der Waals surface area contributed by atoms with E-state index < -0.39 is 12.0 Å². The average molecular weight is 275 g/mol. The fourth-order valence-corrected chi connectivity index (χ4v) is 1.96. The first-order chi connectivity index (χ1) is 9.61. The number of nitrogens with zero attached hydrogens (tertiary/aromatic N) is 2. The number of carboxylic acids is 1. The first kappa shape index (κ1) is 14.0. The Hall–Kier alpha value is -2.37. The smallest absolute Gasteiger partial charge is 0.326 e. The zero-order chi connectivity index (χ0) is 14.5. The van der Waals surface area contributed by atoms with Gasteiger partial charge in [0, 0.05) is 18.6 Å². The highest BCUT2D eigenvalue weighted by Crippen LogP contribution is 2.07. The number of hydrogen-bond acceptors (Lipinski definition) is 3. The first-order valence-electron chi connectivity index (χ1n) is 6.58. The van der Waals surface area contributed by atoms with Gasteiger partial charge in [0.2, 0.25) is 0 Å². The molecule has 1 atom stereocenters. The molecule has 2 aromatic rings. The number of carbonyl (C=O) groups is 2. The summed E-state index contributed by atoms with van der Waals surface area (Å²) in [5.41, 5.74) is 1.15. The van der Waals surface area contributed by atoms with E-state index >= 15 is 0 Å². The zero-order valence-electron chi connectivity index (χ0n) is 11.2. The fraction of sp³-hybridized carbons (Fsp3) is 0.357. The Balaban J connectivity index is 2.10. The highest BCUT2D eigenvalue weighted by molar-refractivity contribution is 5.96. The fourth-order valence-electron chi connectivity index (χ4n) is 1.96. The summed E-state index contributed by atoms with van der Waals surface area (Å²) in [5.74, 6) is -1.39. The van der Waals surface area contributed by atoms with Crippen molar-refractivity contribution in [1.29, 1.82) is 0 Å². The second kappa shape index (κ2) is 6.18. The summed E-state index contributed by atoms with van der Waals surface area (Å²) in [7, 11) is 0. The van der Waals surface area contributed by atoms with Gasteiger partial charge in [-0.1, -0.05) is 19.8 Å². The molecular formula is C14H17N3O3. The molecule has 0 radical (unpaired) electrons. The Kier molecular flexibility index (Phi) is 4.34. The molecule has 0 fully saturated rings. The Labute approximate surface area is 116 Å². The third-order valence-corrected chi connectivity index (χ3v) is 3.10. The van der Waals surface area contributed by atoms with E-state index in [0.29, 0.717) is 12.0 Å². The molecule has 0 saturated heterocycles. The van der Waals surface area contributed by atoms with Gasteiger partial charge in [-0.25, -0.2) is 9.78 Å². The predicted octanol–water partition coefficient (Wildman–Crippen LogP) is 1.71. The number of pyridine rings is 1. The van der Waals surface area contributed by atoms with Crippen LogP contribution in [0.4, 0.5) is 0 Å². The number of imidazole rings is 1. The molecule has 0 aliphatic heterocycles. The van der Waals surface area contributed by atoms with E-state index in [9.17, 15) is 9.59 Å². The maximum atomic E-state index is 12.1. The van der Waals surface area contributed by atoms with E-state index in [1.165, 1.54) is 0 Å². The number of aliphatic carboxylic acids is 1. The van der Waals surface area contributed by atoms with Gasteiger partial charge in [-0.3, -0.25) is 4.79 Å². The zero-order valence-corrected chi connectivity index (χ0v) is 11.2. The van der Waals surface area contributed by atoms with E-state index in [0.717, 1.165) is 18.5 Å². The highest BCUT2D eigenvalue weighted by Gasteiger charge is 2.20. The molecule has 0 saturated carbocycles. The summed E-state index contributed by atoms with van der Waals surface area (Å²) in [6, 6.07) is 2.51. The van der Waals surface area contributed by atoms with Crippen molar-refractivity contribution in [3.63, 3.8) is 0 Å². The van der Waals surface area contributed by atoms with Crippen molar-refractivity contribution in [2.75, 3.05) is 0 Å². The molecule has 1 unspecified atom stereocenters. The Bertz CT molecular complexity index is 621. The molecule has 20 heavy (non-hydrogen) atoms. The van der Waals surface area contributed by atoms with Crippen LogP contribution in [0.2, 0.25) is 0 Å². The average Bonchev–Trinajstić information content (AvgIpc) is 2.90. The van der Waals surface area contributed by atoms with Crippen LogP contribution in [-0.2, 0) is 4.79 Å². The van der Waals surface area contributed by atoms with Crippen LogP contribution in [0.1, 0.15) is 36.5 Å². The van der Waals surface area contributed by atoms with E-state index in [-0.39, 0.29) is 5.91 Å². The van der Waals surface area contributed by atoms with Gasteiger partial charge in [0.25, 0.3) is 5.91 Å². The number of fused-ring (bicyclic) bond motifs is 1. The summed E-state index contributed by atoms with van der Waals surface area (Å²) >= 11 is 0. The molecule has 2 aromatic heterocycles. The minimum Gasteiger partial charge on any atom is -0.480 e. The number of amides is 1. The van der Waals surface area contributed by atoms with Crippen molar-refractivity contribution in [3.05, 3.63) is 36.3 Å². The van der Waals surface area contributed by atoms with Gasteiger partial charge in [-0.15, -0.1) is 0 Å². The van der Waals surface area contributed by atoms with Crippen LogP contribution < -0.4 is 5.32 Å². The largest absolute Gasteiger partial charge is 0.480 e. The van der Waals surface area contributed by atoms with Crippen LogP contribution in [0.5, 0.6) is 0 Å². The normalized spacial score (nSPS) is 12.2. The molecule has 2 rings (SSSR count). The van der Waals surface area contributed by atoms with Gasteiger partial charge in [0.15, 0.2) is 0 Å². The molecular weight excluding hydrogens is 258 g/mol. The molecule has 6 nitrogen and oxygen atoms in total.